The van der Waals surface area contributed by atoms with Gasteiger partial charge in [-0.3, -0.25) is 9.59 Å². The lowest BCUT2D eigenvalue weighted by atomic mass is 10.1. The van der Waals surface area contributed by atoms with Crippen LogP contribution in [0.3, 0.4) is 0 Å². The highest BCUT2D eigenvalue weighted by Crippen LogP contribution is 2.13. The molecule has 28 heavy (non-hydrogen) atoms. The Morgan fingerprint density at radius 2 is 1.89 bits per heavy atom. The molecule has 1 aromatic carbocycles. The van der Waals surface area contributed by atoms with E-state index in [1.54, 1.807) is 12.1 Å². The van der Waals surface area contributed by atoms with Crippen molar-refractivity contribution >= 4 is 11.8 Å². The van der Waals surface area contributed by atoms with Crippen molar-refractivity contribution in [2.75, 3.05) is 13.1 Å². The van der Waals surface area contributed by atoms with Gasteiger partial charge in [0.15, 0.2) is 5.76 Å². The molecule has 2 heterocycles. The number of hydrogen-bond donors (Lipinski definition) is 2. The molecule has 0 fully saturated rings. The number of aryl methyl sites for hydroxylation is 2. The second-order valence-corrected chi connectivity index (χ2v) is 6.46. The number of furan rings is 1. The lowest BCUT2D eigenvalue weighted by molar-refractivity contribution is -0.120. The van der Waals surface area contributed by atoms with E-state index in [0.29, 0.717) is 6.54 Å². The molecule has 146 valence electrons. The number of rotatable bonds is 9. The molecule has 2 aromatic heterocycles. The van der Waals surface area contributed by atoms with Crippen LogP contribution in [-0.4, -0.2) is 34.7 Å². The van der Waals surface area contributed by atoms with Gasteiger partial charge in [0, 0.05) is 25.7 Å². The molecule has 2 N–H and O–H groups in total. The van der Waals surface area contributed by atoms with Crippen molar-refractivity contribution < 1.29 is 14.0 Å². The summed E-state index contributed by atoms with van der Waals surface area (Å²) in [6, 6.07) is 13.2. The van der Waals surface area contributed by atoms with Gasteiger partial charge in [0.05, 0.1) is 17.6 Å². The van der Waals surface area contributed by atoms with Crippen LogP contribution in [0.5, 0.6) is 0 Å². The lowest BCUT2D eigenvalue weighted by Gasteiger charge is -2.06. The van der Waals surface area contributed by atoms with Crippen molar-refractivity contribution in [2.45, 2.75) is 26.2 Å². The summed E-state index contributed by atoms with van der Waals surface area (Å²) < 4.78 is 6.87. The molecule has 7 nitrogen and oxygen atoms in total. The van der Waals surface area contributed by atoms with Gasteiger partial charge in [-0.25, -0.2) is 4.68 Å². The third-order valence-electron chi connectivity index (χ3n) is 4.35. The van der Waals surface area contributed by atoms with E-state index in [0.717, 1.165) is 24.2 Å². The van der Waals surface area contributed by atoms with Crippen LogP contribution in [0.15, 0.2) is 59.3 Å². The molecule has 7 heteroatoms. The van der Waals surface area contributed by atoms with Gasteiger partial charge >= 0.3 is 0 Å². The quantitative estimate of drug-likeness (QED) is 0.559. The minimum absolute atomic E-state index is 0.0866. The Kier molecular flexibility index (Phi) is 6.62. The number of nitrogens with one attached hydrogen (secondary N) is 2. The van der Waals surface area contributed by atoms with Crippen LogP contribution in [0, 0.1) is 6.92 Å². The van der Waals surface area contributed by atoms with E-state index in [9.17, 15) is 9.59 Å². The summed E-state index contributed by atoms with van der Waals surface area (Å²) in [4.78, 5) is 23.6. The number of carbonyl (C=O) groups excluding carboxylic acids is 2. The van der Waals surface area contributed by atoms with Gasteiger partial charge in [-0.2, -0.15) is 5.10 Å². The smallest absolute Gasteiger partial charge is 0.286 e. The van der Waals surface area contributed by atoms with Gasteiger partial charge in [0.2, 0.25) is 5.91 Å². The van der Waals surface area contributed by atoms with Crippen LogP contribution in [0.1, 0.15) is 34.7 Å². The Morgan fingerprint density at radius 3 is 2.64 bits per heavy atom. The molecule has 0 unspecified atom stereocenters. The zero-order valence-electron chi connectivity index (χ0n) is 15.9. The predicted molar refractivity (Wildman–Crippen MR) is 105 cm³/mol. The summed E-state index contributed by atoms with van der Waals surface area (Å²) in [5.41, 5.74) is 3.20. The largest absolute Gasteiger partial charge is 0.459 e. The highest BCUT2D eigenvalue weighted by Gasteiger charge is 2.09. The Hall–Kier alpha value is -3.35. The lowest BCUT2D eigenvalue weighted by Crippen LogP contribution is -2.31. The molecule has 0 saturated carbocycles. The van der Waals surface area contributed by atoms with E-state index < -0.39 is 0 Å². The molecule has 0 atom stereocenters. The van der Waals surface area contributed by atoms with Crippen molar-refractivity contribution in [1.29, 1.82) is 0 Å². The molecular weight excluding hydrogens is 356 g/mol. The number of aromatic nitrogens is 2. The van der Waals surface area contributed by atoms with E-state index in [1.165, 1.54) is 11.8 Å². The summed E-state index contributed by atoms with van der Waals surface area (Å²) in [7, 11) is 0. The van der Waals surface area contributed by atoms with Crippen molar-refractivity contribution in [2.24, 2.45) is 0 Å². The van der Waals surface area contributed by atoms with Crippen molar-refractivity contribution in [3.63, 3.8) is 0 Å². The fraction of sp³-hybridized carbons (Fsp3) is 0.286. The highest BCUT2D eigenvalue weighted by atomic mass is 16.3. The second kappa shape index (κ2) is 9.55. The Bertz CT molecular complexity index is 901. The maximum Gasteiger partial charge on any atom is 0.286 e. The first-order valence-corrected chi connectivity index (χ1v) is 9.32. The molecule has 2 amide bonds. The van der Waals surface area contributed by atoms with E-state index in [2.05, 4.69) is 15.7 Å². The second-order valence-electron chi connectivity index (χ2n) is 6.46. The summed E-state index contributed by atoms with van der Waals surface area (Å²) >= 11 is 0. The van der Waals surface area contributed by atoms with Gasteiger partial charge in [0.1, 0.15) is 0 Å². The summed E-state index contributed by atoms with van der Waals surface area (Å²) in [6.07, 6.45) is 5.38. The first-order valence-electron chi connectivity index (χ1n) is 9.32. The van der Waals surface area contributed by atoms with Crippen LogP contribution in [0.25, 0.3) is 5.69 Å². The minimum Gasteiger partial charge on any atom is -0.459 e. The number of carbonyl (C=O) groups is 2. The zero-order chi connectivity index (χ0) is 19.8. The van der Waals surface area contributed by atoms with Crippen molar-refractivity contribution in [3.05, 3.63) is 71.9 Å². The Balaban J connectivity index is 1.35. The summed E-state index contributed by atoms with van der Waals surface area (Å²) in [5, 5.41) is 10.1. The maximum atomic E-state index is 11.9. The molecule has 0 radical (unpaired) electrons. The van der Waals surface area contributed by atoms with Crippen LogP contribution < -0.4 is 10.6 Å². The molecule has 0 aliphatic heterocycles. The summed E-state index contributed by atoms with van der Waals surface area (Å²) in [6.45, 7) is 2.85. The van der Waals surface area contributed by atoms with Crippen molar-refractivity contribution in [1.82, 2.24) is 20.4 Å². The number of amides is 2. The van der Waals surface area contributed by atoms with E-state index >= 15 is 0 Å². The molecule has 3 rings (SSSR count). The van der Waals surface area contributed by atoms with Gasteiger partial charge in [-0.05, 0) is 49.6 Å². The normalized spacial score (nSPS) is 10.6. The summed E-state index contributed by atoms with van der Waals surface area (Å²) in [5.74, 6) is -0.160. The first-order chi connectivity index (χ1) is 13.6. The monoisotopic (exact) mass is 380 g/mol. The molecule has 0 aliphatic rings. The van der Waals surface area contributed by atoms with Gasteiger partial charge < -0.3 is 15.1 Å². The van der Waals surface area contributed by atoms with Crippen molar-refractivity contribution in [3.8, 4) is 5.69 Å². The predicted octanol–water partition coefficient (Wildman–Crippen LogP) is 2.64. The molecule has 0 bridgehead atoms. The number of benzene rings is 1. The van der Waals surface area contributed by atoms with Crippen LogP contribution in [0.4, 0.5) is 0 Å². The molecule has 0 spiro atoms. The zero-order valence-corrected chi connectivity index (χ0v) is 15.9. The minimum atomic E-state index is -0.316. The average molecular weight is 380 g/mol. The van der Waals surface area contributed by atoms with Gasteiger partial charge in [-0.15, -0.1) is 0 Å². The fourth-order valence-electron chi connectivity index (χ4n) is 2.83. The fourth-order valence-corrected chi connectivity index (χ4v) is 2.83. The number of para-hydroxylation sites is 1. The van der Waals surface area contributed by atoms with E-state index in [4.69, 9.17) is 4.42 Å². The average Bonchev–Trinajstić information content (AvgIpc) is 3.36. The molecule has 0 saturated heterocycles. The van der Waals surface area contributed by atoms with E-state index in [-0.39, 0.29) is 30.5 Å². The highest BCUT2D eigenvalue weighted by molar-refractivity contribution is 5.91. The third kappa shape index (κ3) is 5.33. The van der Waals surface area contributed by atoms with Crippen LogP contribution in [-0.2, 0) is 11.2 Å². The van der Waals surface area contributed by atoms with Gasteiger partial charge in [0.25, 0.3) is 5.91 Å². The first kappa shape index (κ1) is 19.4. The Labute approximate surface area is 163 Å². The third-order valence-corrected chi connectivity index (χ3v) is 4.35. The number of nitrogens with zero attached hydrogens (tertiary/aromatic N) is 2. The molecular formula is C21H24N4O3. The molecule has 3 aromatic rings. The standard InChI is InChI=1S/C21H24N4O3/c1-16-17(15-25(24-16)18-8-3-2-4-9-18)7-5-12-22-20(26)11-13-23-21(27)19-10-6-14-28-19/h2-4,6,8-10,14-15H,5,7,11-13H2,1H3,(H,22,26)(H,23,27). The maximum absolute atomic E-state index is 11.9. The number of hydrogen-bond acceptors (Lipinski definition) is 4. The van der Waals surface area contributed by atoms with E-state index in [1.807, 2.05) is 48.1 Å². The van der Waals surface area contributed by atoms with Gasteiger partial charge in [-0.1, -0.05) is 18.2 Å². The SMILES string of the molecule is Cc1nn(-c2ccccc2)cc1CCCNC(=O)CCNC(=O)c1ccco1. The van der Waals surface area contributed by atoms with Crippen LogP contribution in [0.2, 0.25) is 0 Å². The topological polar surface area (TPSA) is 89.2 Å². The van der Waals surface area contributed by atoms with Crippen LogP contribution >= 0.6 is 0 Å². The molecule has 0 aliphatic carbocycles. The Morgan fingerprint density at radius 1 is 1.07 bits per heavy atom.